The SMILES string of the molecule is O=S(=O)(N[C@@H]1CCN(C2CCCC2)C1)c1ccccc1. The fourth-order valence-electron chi connectivity index (χ4n) is 3.37. The lowest BCUT2D eigenvalue weighted by Crippen LogP contribution is -2.39. The monoisotopic (exact) mass is 294 g/mol. The van der Waals surface area contributed by atoms with E-state index in [-0.39, 0.29) is 6.04 Å². The van der Waals surface area contributed by atoms with Crippen molar-refractivity contribution >= 4 is 10.0 Å². The van der Waals surface area contributed by atoms with E-state index in [1.807, 2.05) is 6.07 Å². The van der Waals surface area contributed by atoms with E-state index in [2.05, 4.69) is 9.62 Å². The summed E-state index contributed by atoms with van der Waals surface area (Å²) in [5.74, 6) is 0. The molecule has 1 aliphatic heterocycles. The van der Waals surface area contributed by atoms with Crippen molar-refractivity contribution < 1.29 is 8.42 Å². The van der Waals surface area contributed by atoms with Gasteiger partial charge >= 0.3 is 0 Å². The summed E-state index contributed by atoms with van der Waals surface area (Å²) < 4.78 is 27.4. The summed E-state index contributed by atoms with van der Waals surface area (Å²) in [6.45, 7) is 1.88. The summed E-state index contributed by atoms with van der Waals surface area (Å²) in [5, 5.41) is 0. The van der Waals surface area contributed by atoms with Crippen LogP contribution in [0.25, 0.3) is 0 Å². The van der Waals surface area contributed by atoms with Crippen molar-refractivity contribution in [2.75, 3.05) is 13.1 Å². The Hall–Kier alpha value is -0.910. The van der Waals surface area contributed by atoms with E-state index < -0.39 is 10.0 Å². The first-order chi connectivity index (χ1) is 9.65. The molecule has 1 aromatic carbocycles. The summed E-state index contributed by atoms with van der Waals surface area (Å²) in [7, 11) is -3.37. The Morgan fingerprint density at radius 3 is 2.45 bits per heavy atom. The van der Waals surface area contributed by atoms with Crippen LogP contribution in [0.1, 0.15) is 32.1 Å². The third-order valence-electron chi connectivity index (χ3n) is 4.44. The number of nitrogens with zero attached hydrogens (tertiary/aromatic N) is 1. The molecule has 1 aliphatic carbocycles. The topological polar surface area (TPSA) is 49.4 Å². The second-order valence-electron chi connectivity index (χ2n) is 5.85. The molecule has 5 heteroatoms. The first-order valence-corrected chi connectivity index (χ1v) is 8.95. The molecule has 2 fully saturated rings. The Morgan fingerprint density at radius 1 is 1.05 bits per heavy atom. The average molecular weight is 294 g/mol. The van der Waals surface area contributed by atoms with Crippen LogP contribution >= 0.6 is 0 Å². The minimum absolute atomic E-state index is 0.0563. The number of benzene rings is 1. The second-order valence-corrected chi connectivity index (χ2v) is 7.57. The molecule has 2 aliphatic rings. The highest BCUT2D eigenvalue weighted by Gasteiger charge is 2.32. The van der Waals surface area contributed by atoms with Gasteiger partial charge < -0.3 is 0 Å². The summed E-state index contributed by atoms with van der Waals surface area (Å²) in [5.41, 5.74) is 0. The summed E-state index contributed by atoms with van der Waals surface area (Å²) >= 11 is 0. The molecule has 0 amide bonds. The number of likely N-dealkylation sites (tertiary alicyclic amines) is 1. The predicted molar refractivity (Wildman–Crippen MR) is 79.0 cm³/mol. The standard InChI is InChI=1S/C15H22N2O2S/c18-20(19,15-8-2-1-3-9-15)16-13-10-11-17(12-13)14-6-4-5-7-14/h1-3,8-9,13-14,16H,4-7,10-12H2/t13-/m1/s1. The van der Waals surface area contributed by atoms with Gasteiger partial charge in [0.2, 0.25) is 10.0 Å². The summed E-state index contributed by atoms with van der Waals surface area (Å²) in [6.07, 6.45) is 6.11. The van der Waals surface area contributed by atoms with Crippen molar-refractivity contribution in [3.8, 4) is 0 Å². The summed E-state index contributed by atoms with van der Waals surface area (Å²) in [6, 6.07) is 9.37. The van der Waals surface area contributed by atoms with Crippen LogP contribution in [0.3, 0.4) is 0 Å². The van der Waals surface area contributed by atoms with Gasteiger partial charge in [0.05, 0.1) is 4.90 Å². The Morgan fingerprint density at radius 2 is 1.75 bits per heavy atom. The minimum Gasteiger partial charge on any atom is -0.299 e. The van der Waals surface area contributed by atoms with Crippen molar-refractivity contribution in [2.24, 2.45) is 0 Å². The van der Waals surface area contributed by atoms with Gasteiger partial charge in [0.15, 0.2) is 0 Å². The zero-order chi connectivity index (χ0) is 14.0. The molecule has 1 N–H and O–H groups in total. The molecule has 0 bridgehead atoms. The van der Waals surface area contributed by atoms with Gasteiger partial charge in [-0.3, -0.25) is 4.90 Å². The highest BCUT2D eigenvalue weighted by atomic mass is 32.2. The highest BCUT2D eigenvalue weighted by molar-refractivity contribution is 7.89. The van der Waals surface area contributed by atoms with E-state index in [0.29, 0.717) is 10.9 Å². The maximum absolute atomic E-state index is 12.3. The van der Waals surface area contributed by atoms with Crippen LogP contribution in [0.2, 0.25) is 0 Å². The van der Waals surface area contributed by atoms with Gasteiger partial charge in [-0.05, 0) is 31.4 Å². The Bertz CT molecular complexity index is 538. The highest BCUT2D eigenvalue weighted by Crippen LogP contribution is 2.26. The molecule has 20 heavy (non-hydrogen) atoms. The Kier molecular flexibility index (Phi) is 4.10. The van der Waals surface area contributed by atoms with E-state index in [0.717, 1.165) is 19.5 Å². The normalized spacial score (nSPS) is 25.3. The summed E-state index contributed by atoms with van der Waals surface area (Å²) in [4.78, 5) is 2.82. The zero-order valence-corrected chi connectivity index (χ0v) is 12.5. The van der Waals surface area contributed by atoms with Crippen LogP contribution in [0.5, 0.6) is 0 Å². The van der Waals surface area contributed by atoms with E-state index >= 15 is 0 Å². The minimum atomic E-state index is -3.37. The van der Waals surface area contributed by atoms with Crippen LogP contribution in [0.4, 0.5) is 0 Å². The number of rotatable bonds is 4. The number of nitrogens with one attached hydrogen (secondary N) is 1. The van der Waals surface area contributed by atoms with Gasteiger partial charge in [-0.2, -0.15) is 0 Å². The van der Waals surface area contributed by atoms with Crippen molar-refractivity contribution in [1.82, 2.24) is 9.62 Å². The van der Waals surface area contributed by atoms with Crippen molar-refractivity contribution in [1.29, 1.82) is 0 Å². The predicted octanol–water partition coefficient (Wildman–Crippen LogP) is 1.98. The van der Waals surface area contributed by atoms with Crippen LogP contribution < -0.4 is 4.72 Å². The lowest BCUT2D eigenvalue weighted by atomic mass is 10.2. The molecule has 1 aromatic rings. The number of hydrogen-bond donors (Lipinski definition) is 1. The third-order valence-corrected chi connectivity index (χ3v) is 5.97. The molecule has 4 nitrogen and oxygen atoms in total. The first-order valence-electron chi connectivity index (χ1n) is 7.46. The van der Waals surface area contributed by atoms with Gasteiger partial charge in [0, 0.05) is 25.2 Å². The third kappa shape index (κ3) is 3.05. The van der Waals surface area contributed by atoms with Gasteiger partial charge in [-0.1, -0.05) is 31.0 Å². The van der Waals surface area contributed by atoms with Crippen molar-refractivity contribution in [3.63, 3.8) is 0 Å². The molecular formula is C15H22N2O2S. The first kappa shape index (κ1) is 14.0. The quantitative estimate of drug-likeness (QED) is 0.924. The van der Waals surface area contributed by atoms with Crippen LogP contribution in [0.15, 0.2) is 35.2 Å². The van der Waals surface area contributed by atoms with E-state index in [1.165, 1.54) is 25.7 Å². The lowest BCUT2D eigenvalue weighted by molar-refractivity contribution is 0.242. The zero-order valence-electron chi connectivity index (χ0n) is 11.7. The molecule has 110 valence electrons. The van der Waals surface area contributed by atoms with Crippen LogP contribution in [-0.2, 0) is 10.0 Å². The Labute approximate surface area is 121 Å². The van der Waals surface area contributed by atoms with E-state index in [9.17, 15) is 8.42 Å². The molecular weight excluding hydrogens is 272 g/mol. The number of sulfonamides is 1. The molecule has 0 unspecified atom stereocenters. The van der Waals surface area contributed by atoms with Crippen molar-refractivity contribution in [3.05, 3.63) is 30.3 Å². The van der Waals surface area contributed by atoms with Gasteiger partial charge in [0.25, 0.3) is 0 Å². The molecule has 3 rings (SSSR count). The largest absolute Gasteiger partial charge is 0.299 e. The average Bonchev–Trinajstić information content (AvgIpc) is 3.10. The maximum Gasteiger partial charge on any atom is 0.240 e. The molecule has 1 saturated heterocycles. The molecule has 1 atom stereocenters. The van der Waals surface area contributed by atoms with Crippen LogP contribution in [-0.4, -0.2) is 38.5 Å². The smallest absolute Gasteiger partial charge is 0.240 e. The van der Waals surface area contributed by atoms with Crippen molar-refractivity contribution in [2.45, 2.75) is 49.1 Å². The fraction of sp³-hybridized carbons (Fsp3) is 0.600. The van der Waals surface area contributed by atoms with Crippen LogP contribution in [0, 0.1) is 0 Å². The van der Waals surface area contributed by atoms with Gasteiger partial charge in [-0.25, -0.2) is 13.1 Å². The van der Waals surface area contributed by atoms with Gasteiger partial charge in [0.1, 0.15) is 0 Å². The van der Waals surface area contributed by atoms with Gasteiger partial charge in [-0.15, -0.1) is 0 Å². The van der Waals surface area contributed by atoms with E-state index in [4.69, 9.17) is 0 Å². The molecule has 1 saturated carbocycles. The fourth-order valence-corrected chi connectivity index (χ4v) is 4.65. The van der Waals surface area contributed by atoms with E-state index in [1.54, 1.807) is 24.3 Å². The maximum atomic E-state index is 12.3. The number of hydrogen-bond acceptors (Lipinski definition) is 3. The lowest BCUT2D eigenvalue weighted by Gasteiger charge is -2.23. The second kappa shape index (κ2) is 5.84. The molecule has 0 spiro atoms. The molecule has 0 radical (unpaired) electrons. The molecule has 1 heterocycles. The Balaban J connectivity index is 1.61. The molecule has 0 aromatic heterocycles.